The molecule has 208 valence electrons. The summed E-state index contributed by atoms with van der Waals surface area (Å²) < 4.78 is 93.0. The van der Waals surface area contributed by atoms with Gasteiger partial charge in [0.05, 0.1) is 35.3 Å². The Morgan fingerprint density at radius 2 is 1.37 bits per heavy atom. The first-order valence-corrected chi connectivity index (χ1v) is 12.3. The van der Waals surface area contributed by atoms with E-state index in [2.05, 4.69) is 5.32 Å². The quantitative estimate of drug-likeness (QED) is 0.458. The van der Waals surface area contributed by atoms with Crippen LogP contribution in [0.4, 0.5) is 26.3 Å². The molecule has 5 nitrogen and oxygen atoms in total. The van der Waals surface area contributed by atoms with Crippen molar-refractivity contribution in [2.24, 2.45) is 0 Å². The van der Waals surface area contributed by atoms with Crippen LogP contribution >= 0.6 is 0 Å². The van der Waals surface area contributed by atoms with Gasteiger partial charge in [-0.1, -0.05) is 30.3 Å². The first-order valence-electron chi connectivity index (χ1n) is 12.3. The lowest BCUT2D eigenvalue weighted by molar-refractivity contribution is -0.188. The van der Waals surface area contributed by atoms with Crippen molar-refractivity contribution in [2.45, 2.75) is 68.1 Å². The summed E-state index contributed by atoms with van der Waals surface area (Å²) in [5, 5.41) is 12.7. The summed E-state index contributed by atoms with van der Waals surface area (Å²) in [5.74, 6) is -1.56. The zero-order chi connectivity index (χ0) is 27.8. The van der Waals surface area contributed by atoms with E-state index in [0.29, 0.717) is 51.0 Å². The van der Waals surface area contributed by atoms with Gasteiger partial charge in [0, 0.05) is 19.4 Å². The SMILES string of the molecule is C[C@@](CCO)(C(=O)NC1(c2ccccc2)CCC2(CC1)OCCO2)c1cc(C(F)(F)F)cc(C(F)(F)F)c1. The third-order valence-corrected chi connectivity index (χ3v) is 7.70. The highest BCUT2D eigenvalue weighted by Crippen LogP contribution is 2.46. The van der Waals surface area contributed by atoms with E-state index in [4.69, 9.17) is 9.47 Å². The summed E-state index contributed by atoms with van der Waals surface area (Å²) in [4.78, 5) is 13.9. The van der Waals surface area contributed by atoms with Gasteiger partial charge < -0.3 is 19.9 Å². The van der Waals surface area contributed by atoms with Gasteiger partial charge in [-0.15, -0.1) is 0 Å². The molecule has 11 heteroatoms. The molecule has 4 rings (SSSR count). The normalized spacial score (nSPS) is 20.7. The molecule has 2 N–H and O–H groups in total. The van der Waals surface area contributed by atoms with Crippen LogP contribution in [0.2, 0.25) is 0 Å². The molecule has 2 aliphatic rings. The largest absolute Gasteiger partial charge is 0.416 e. The van der Waals surface area contributed by atoms with Crippen LogP contribution in [0, 0.1) is 0 Å². The lowest BCUT2D eigenvalue weighted by Crippen LogP contribution is -2.56. The number of benzene rings is 2. The third-order valence-electron chi connectivity index (χ3n) is 7.70. The smallest absolute Gasteiger partial charge is 0.396 e. The second-order valence-electron chi connectivity index (χ2n) is 10.1. The van der Waals surface area contributed by atoms with E-state index < -0.39 is 64.7 Å². The van der Waals surface area contributed by atoms with Gasteiger partial charge in [-0.05, 0) is 55.5 Å². The van der Waals surface area contributed by atoms with Crippen LogP contribution in [-0.2, 0) is 37.6 Å². The first-order chi connectivity index (χ1) is 17.7. The molecule has 2 aromatic rings. The number of alkyl halides is 6. The number of amides is 1. The van der Waals surface area contributed by atoms with Gasteiger partial charge in [0.1, 0.15) is 0 Å². The maximum absolute atomic E-state index is 13.9. The predicted molar refractivity (Wildman–Crippen MR) is 125 cm³/mol. The molecule has 1 spiro atoms. The fourth-order valence-corrected chi connectivity index (χ4v) is 5.33. The number of hydrogen-bond acceptors (Lipinski definition) is 4. The second-order valence-corrected chi connectivity index (χ2v) is 10.1. The van der Waals surface area contributed by atoms with Crippen molar-refractivity contribution in [3.05, 3.63) is 70.8 Å². The Morgan fingerprint density at radius 3 is 1.84 bits per heavy atom. The van der Waals surface area contributed by atoms with Crippen molar-refractivity contribution < 1.29 is 45.7 Å². The van der Waals surface area contributed by atoms with Crippen molar-refractivity contribution in [1.82, 2.24) is 5.32 Å². The molecule has 1 aliphatic heterocycles. The fraction of sp³-hybridized carbons (Fsp3) is 0.519. The topological polar surface area (TPSA) is 67.8 Å². The van der Waals surface area contributed by atoms with Gasteiger partial charge in [-0.25, -0.2) is 0 Å². The molecule has 1 atom stereocenters. The van der Waals surface area contributed by atoms with Crippen LogP contribution < -0.4 is 5.32 Å². The minimum Gasteiger partial charge on any atom is -0.396 e. The molecular weight excluding hydrogens is 516 g/mol. The Kier molecular flexibility index (Phi) is 7.59. The average molecular weight is 546 g/mol. The molecule has 0 bridgehead atoms. The molecule has 38 heavy (non-hydrogen) atoms. The van der Waals surface area contributed by atoms with Gasteiger partial charge in [-0.2, -0.15) is 26.3 Å². The van der Waals surface area contributed by atoms with E-state index in [1.807, 2.05) is 12.1 Å². The highest BCUT2D eigenvalue weighted by Gasteiger charge is 2.50. The third kappa shape index (κ3) is 5.55. The maximum Gasteiger partial charge on any atom is 0.416 e. The number of carbonyl (C=O) groups is 1. The van der Waals surface area contributed by atoms with E-state index in [1.54, 1.807) is 18.2 Å². The Balaban J connectivity index is 1.75. The molecule has 2 aromatic carbocycles. The van der Waals surface area contributed by atoms with Crippen molar-refractivity contribution >= 4 is 5.91 Å². The van der Waals surface area contributed by atoms with Gasteiger partial charge in [0.25, 0.3) is 0 Å². The number of hydrogen-bond donors (Lipinski definition) is 2. The monoisotopic (exact) mass is 545 g/mol. The number of ether oxygens (including phenoxy) is 2. The number of halogens is 6. The minimum absolute atomic E-state index is 0.0222. The van der Waals surface area contributed by atoms with Crippen LogP contribution in [0.15, 0.2) is 48.5 Å². The summed E-state index contributed by atoms with van der Waals surface area (Å²) in [6.45, 7) is 1.50. The first kappa shape index (κ1) is 28.4. The van der Waals surface area contributed by atoms with Gasteiger partial charge in [-0.3, -0.25) is 4.79 Å². The molecule has 1 saturated carbocycles. The van der Waals surface area contributed by atoms with Crippen LogP contribution in [0.1, 0.15) is 61.3 Å². The van der Waals surface area contributed by atoms with Crippen LogP contribution in [0.3, 0.4) is 0 Å². The molecular formula is C27H29F6NO4. The number of nitrogens with one attached hydrogen (secondary N) is 1. The second kappa shape index (κ2) is 10.2. The summed E-state index contributed by atoms with van der Waals surface area (Å²) in [6.07, 6.45) is -8.93. The Labute approximate surface area is 216 Å². The standard InChI is InChI=1S/C27H29F6NO4/c1-23(11-12-35,19-15-20(26(28,29)30)17-21(16-19)27(31,32)33)22(36)34-24(18-5-3-2-4-6-18)7-9-25(10-8-24)37-13-14-38-25/h2-6,15-17,35H,7-14H2,1H3,(H,34,36)/t23-/m0/s1. The molecule has 1 saturated heterocycles. The zero-order valence-corrected chi connectivity index (χ0v) is 20.7. The molecule has 0 radical (unpaired) electrons. The Hall–Kier alpha value is -2.63. The summed E-state index contributed by atoms with van der Waals surface area (Å²) in [6, 6.07) is 10.1. The lowest BCUT2D eigenvalue weighted by Gasteiger charge is -2.46. The number of aliphatic hydroxyl groups excluding tert-OH is 1. The number of carbonyl (C=O) groups excluding carboxylic acids is 1. The zero-order valence-electron chi connectivity index (χ0n) is 20.7. The Bertz CT molecular complexity index is 1100. The van der Waals surface area contributed by atoms with Crippen molar-refractivity contribution in [1.29, 1.82) is 0 Å². The van der Waals surface area contributed by atoms with Crippen LogP contribution in [0.5, 0.6) is 0 Å². The predicted octanol–water partition coefficient (Wildman–Crippen LogP) is 5.69. The van der Waals surface area contributed by atoms with E-state index in [0.717, 1.165) is 5.56 Å². The maximum atomic E-state index is 13.9. The Morgan fingerprint density at radius 1 is 0.868 bits per heavy atom. The van der Waals surface area contributed by atoms with E-state index in [1.165, 1.54) is 6.92 Å². The average Bonchev–Trinajstić information content (AvgIpc) is 3.33. The van der Waals surface area contributed by atoms with Crippen LogP contribution in [0.25, 0.3) is 0 Å². The fourth-order valence-electron chi connectivity index (χ4n) is 5.33. The van der Waals surface area contributed by atoms with E-state index in [-0.39, 0.29) is 6.07 Å². The van der Waals surface area contributed by atoms with Crippen molar-refractivity contribution in [2.75, 3.05) is 19.8 Å². The molecule has 2 fully saturated rings. The van der Waals surface area contributed by atoms with Gasteiger partial charge >= 0.3 is 12.4 Å². The van der Waals surface area contributed by atoms with E-state index >= 15 is 0 Å². The van der Waals surface area contributed by atoms with Gasteiger partial charge in [0.2, 0.25) is 5.91 Å². The van der Waals surface area contributed by atoms with E-state index in [9.17, 15) is 36.2 Å². The minimum atomic E-state index is -5.07. The highest BCUT2D eigenvalue weighted by molar-refractivity contribution is 5.88. The molecule has 1 heterocycles. The highest BCUT2D eigenvalue weighted by atomic mass is 19.4. The summed E-state index contributed by atoms with van der Waals surface area (Å²) in [7, 11) is 0. The summed E-state index contributed by atoms with van der Waals surface area (Å²) in [5.41, 5.74) is -5.65. The lowest BCUT2D eigenvalue weighted by atomic mass is 9.72. The van der Waals surface area contributed by atoms with Crippen molar-refractivity contribution in [3.8, 4) is 0 Å². The van der Waals surface area contributed by atoms with Gasteiger partial charge in [0.15, 0.2) is 5.79 Å². The molecule has 1 aliphatic carbocycles. The van der Waals surface area contributed by atoms with Crippen molar-refractivity contribution in [3.63, 3.8) is 0 Å². The summed E-state index contributed by atoms with van der Waals surface area (Å²) >= 11 is 0. The molecule has 1 amide bonds. The molecule has 0 unspecified atom stereocenters. The number of aliphatic hydroxyl groups is 1. The van der Waals surface area contributed by atoms with Crippen LogP contribution in [-0.4, -0.2) is 36.6 Å². The number of rotatable bonds is 6. The molecule has 0 aromatic heterocycles.